The van der Waals surface area contributed by atoms with Crippen LogP contribution in [-0.2, 0) is 11.2 Å². The molecule has 0 fully saturated rings. The number of allylic oxidation sites excluding steroid dienone is 1. The van der Waals surface area contributed by atoms with Crippen molar-refractivity contribution < 1.29 is 4.79 Å². The van der Waals surface area contributed by atoms with Gasteiger partial charge < -0.3 is 5.32 Å². The third-order valence-electron chi connectivity index (χ3n) is 2.48. The van der Waals surface area contributed by atoms with E-state index in [0.717, 1.165) is 25.1 Å². The fraction of sp³-hybridized carbons (Fsp3) is 0.400. The van der Waals surface area contributed by atoms with Crippen LogP contribution in [0.15, 0.2) is 42.5 Å². The molecule has 0 aromatic heterocycles. The molecule has 0 spiro atoms. The number of carbonyl (C=O) groups is 1. The smallest absolute Gasteiger partial charge is 0.230 e. The van der Waals surface area contributed by atoms with E-state index in [0.29, 0.717) is 5.75 Å². The maximum absolute atomic E-state index is 11.5. The standard InChI is InChI=1S/C15H21NOS/c1-2-3-7-11-16-15(17)13-18-12-10-14-8-5-4-6-9-14/h2-6,8-9H,7,10-13H2,1H3,(H,16,17)/b3-2+. The van der Waals surface area contributed by atoms with Crippen molar-refractivity contribution in [2.45, 2.75) is 19.8 Å². The summed E-state index contributed by atoms with van der Waals surface area (Å²) in [5.74, 6) is 1.69. The molecule has 3 heteroatoms. The SMILES string of the molecule is C/C=C/CCNC(=O)CSCCc1ccccc1. The van der Waals surface area contributed by atoms with Crippen LogP contribution in [-0.4, -0.2) is 24.0 Å². The molecule has 1 amide bonds. The molecule has 0 saturated heterocycles. The molecule has 18 heavy (non-hydrogen) atoms. The molecule has 98 valence electrons. The van der Waals surface area contributed by atoms with Gasteiger partial charge >= 0.3 is 0 Å². The van der Waals surface area contributed by atoms with Gasteiger partial charge in [0.2, 0.25) is 5.91 Å². The Bertz CT molecular complexity index is 362. The van der Waals surface area contributed by atoms with Gasteiger partial charge in [0, 0.05) is 6.54 Å². The van der Waals surface area contributed by atoms with E-state index in [2.05, 4.69) is 23.5 Å². The molecule has 0 heterocycles. The first-order valence-corrected chi connectivity index (χ1v) is 7.48. The lowest BCUT2D eigenvalue weighted by Gasteiger charge is -2.03. The molecule has 1 aromatic rings. The van der Waals surface area contributed by atoms with E-state index in [-0.39, 0.29) is 5.91 Å². The minimum Gasteiger partial charge on any atom is -0.355 e. The van der Waals surface area contributed by atoms with Crippen LogP contribution in [0.1, 0.15) is 18.9 Å². The third kappa shape index (κ3) is 7.17. The van der Waals surface area contributed by atoms with E-state index in [1.54, 1.807) is 11.8 Å². The number of aryl methyl sites for hydroxylation is 1. The molecule has 1 aromatic carbocycles. The van der Waals surface area contributed by atoms with Gasteiger partial charge in [-0.1, -0.05) is 42.5 Å². The second kappa shape index (κ2) is 9.77. The Hall–Kier alpha value is -1.22. The minimum absolute atomic E-state index is 0.137. The fourth-order valence-corrected chi connectivity index (χ4v) is 2.32. The Kier molecular flexibility index (Phi) is 8.06. The lowest BCUT2D eigenvalue weighted by Crippen LogP contribution is -2.26. The maximum atomic E-state index is 11.5. The molecular weight excluding hydrogens is 242 g/mol. The van der Waals surface area contributed by atoms with Gasteiger partial charge in [-0.05, 0) is 31.1 Å². The molecule has 0 unspecified atom stereocenters. The number of benzene rings is 1. The number of hydrogen-bond acceptors (Lipinski definition) is 2. The van der Waals surface area contributed by atoms with Crippen molar-refractivity contribution in [1.82, 2.24) is 5.32 Å². The summed E-state index contributed by atoms with van der Waals surface area (Å²) in [4.78, 5) is 11.5. The number of nitrogens with one attached hydrogen (secondary N) is 1. The lowest BCUT2D eigenvalue weighted by atomic mass is 10.2. The largest absolute Gasteiger partial charge is 0.355 e. The van der Waals surface area contributed by atoms with Crippen LogP contribution in [0.5, 0.6) is 0 Å². The zero-order valence-electron chi connectivity index (χ0n) is 10.9. The van der Waals surface area contributed by atoms with Gasteiger partial charge in [-0.25, -0.2) is 0 Å². The predicted molar refractivity (Wildman–Crippen MR) is 79.9 cm³/mol. The average Bonchev–Trinajstić information content (AvgIpc) is 2.41. The van der Waals surface area contributed by atoms with Crippen LogP contribution >= 0.6 is 11.8 Å². The molecule has 1 rings (SSSR count). The van der Waals surface area contributed by atoms with Gasteiger partial charge in [0.05, 0.1) is 5.75 Å². The number of thioether (sulfide) groups is 1. The van der Waals surface area contributed by atoms with Crippen molar-refractivity contribution in [1.29, 1.82) is 0 Å². The molecular formula is C15H21NOS. The first-order valence-electron chi connectivity index (χ1n) is 6.32. The second-order valence-electron chi connectivity index (χ2n) is 4.00. The fourth-order valence-electron chi connectivity index (χ4n) is 1.51. The number of carbonyl (C=O) groups excluding carboxylic acids is 1. The van der Waals surface area contributed by atoms with Gasteiger partial charge in [-0.15, -0.1) is 0 Å². The van der Waals surface area contributed by atoms with E-state index < -0.39 is 0 Å². The molecule has 0 radical (unpaired) electrons. The summed E-state index contributed by atoms with van der Waals surface area (Å²) in [6.45, 7) is 2.73. The van der Waals surface area contributed by atoms with Gasteiger partial charge in [-0.2, -0.15) is 11.8 Å². The summed E-state index contributed by atoms with van der Waals surface area (Å²) in [5.41, 5.74) is 1.33. The van der Waals surface area contributed by atoms with Gasteiger partial charge in [0.1, 0.15) is 0 Å². The highest BCUT2D eigenvalue weighted by Crippen LogP contribution is 2.06. The second-order valence-corrected chi connectivity index (χ2v) is 5.10. The van der Waals surface area contributed by atoms with E-state index in [4.69, 9.17) is 0 Å². The molecule has 2 nitrogen and oxygen atoms in total. The van der Waals surface area contributed by atoms with Crippen molar-refractivity contribution in [2.75, 3.05) is 18.1 Å². The van der Waals surface area contributed by atoms with E-state index >= 15 is 0 Å². The van der Waals surface area contributed by atoms with E-state index in [9.17, 15) is 4.79 Å². The normalized spacial score (nSPS) is 10.7. The molecule has 0 aliphatic rings. The van der Waals surface area contributed by atoms with Gasteiger partial charge in [0.25, 0.3) is 0 Å². The highest BCUT2D eigenvalue weighted by molar-refractivity contribution is 7.99. The van der Waals surface area contributed by atoms with Crippen LogP contribution in [0.25, 0.3) is 0 Å². The summed E-state index contributed by atoms with van der Waals surface area (Å²) >= 11 is 1.69. The van der Waals surface area contributed by atoms with E-state index in [1.165, 1.54) is 5.56 Å². The summed E-state index contributed by atoms with van der Waals surface area (Å²) in [6.07, 6.45) is 6.00. The predicted octanol–water partition coefficient (Wildman–Crippen LogP) is 3.04. The highest BCUT2D eigenvalue weighted by Gasteiger charge is 2.00. The number of rotatable bonds is 8. The van der Waals surface area contributed by atoms with Crippen molar-refractivity contribution in [3.63, 3.8) is 0 Å². The van der Waals surface area contributed by atoms with Crippen LogP contribution < -0.4 is 5.32 Å². The van der Waals surface area contributed by atoms with Crippen LogP contribution in [0.2, 0.25) is 0 Å². The first-order chi connectivity index (χ1) is 8.83. The van der Waals surface area contributed by atoms with Crippen molar-refractivity contribution in [3.8, 4) is 0 Å². The van der Waals surface area contributed by atoms with Crippen molar-refractivity contribution >= 4 is 17.7 Å². The first kappa shape index (κ1) is 14.8. The third-order valence-corrected chi connectivity index (χ3v) is 3.44. The Morgan fingerprint density at radius 1 is 1.33 bits per heavy atom. The van der Waals surface area contributed by atoms with Crippen LogP contribution in [0.4, 0.5) is 0 Å². The van der Waals surface area contributed by atoms with Crippen LogP contribution in [0.3, 0.4) is 0 Å². The van der Waals surface area contributed by atoms with Gasteiger partial charge in [-0.3, -0.25) is 4.79 Å². The quantitative estimate of drug-likeness (QED) is 0.577. The molecule has 1 N–H and O–H groups in total. The molecule has 0 aliphatic heterocycles. The molecule has 0 bridgehead atoms. The zero-order valence-corrected chi connectivity index (χ0v) is 11.7. The van der Waals surface area contributed by atoms with E-state index in [1.807, 2.05) is 31.2 Å². The zero-order chi connectivity index (χ0) is 13.1. The number of hydrogen-bond donors (Lipinski definition) is 1. The van der Waals surface area contributed by atoms with Gasteiger partial charge in [0.15, 0.2) is 0 Å². The lowest BCUT2D eigenvalue weighted by molar-refractivity contribution is -0.118. The average molecular weight is 263 g/mol. The Labute approximate surface area is 114 Å². The van der Waals surface area contributed by atoms with Crippen molar-refractivity contribution in [3.05, 3.63) is 48.0 Å². The summed E-state index contributed by atoms with van der Waals surface area (Å²) in [6, 6.07) is 10.4. The minimum atomic E-state index is 0.137. The number of amides is 1. The van der Waals surface area contributed by atoms with Crippen LogP contribution in [0, 0.1) is 0 Å². The molecule has 0 aliphatic carbocycles. The Balaban J connectivity index is 2.02. The summed E-state index contributed by atoms with van der Waals surface area (Å²) < 4.78 is 0. The Morgan fingerprint density at radius 2 is 2.11 bits per heavy atom. The topological polar surface area (TPSA) is 29.1 Å². The Morgan fingerprint density at radius 3 is 2.83 bits per heavy atom. The monoisotopic (exact) mass is 263 g/mol. The van der Waals surface area contributed by atoms with Crippen molar-refractivity contribution in [2.24, 2.45) is 0 Å². The highest BCUT2D eigenvalue weighted by atomic mass is 32.2. The molecule has 0 saturated carbocycles. The molecule has 0 atom stereocenters. The summed E-state index contributed by atoms with van der Waals surface area (Å²) in [5, 5.41) is 2.91. The maximum Gasteiger partial charge on any atom is 0.230 e. The summed E-state index contributed by atoms with van der Waals surface area (Å²) in [7, 11) is 0.